The van der Waals surface area contributed by atoms with Gasteiger partial charge >= 0.3 is 0 Å². The molecule has 2 atom stereocenters. The van der Waals surface area contributed by atoms with E-state index in [2.05, 4.69) is 26.4 Å². The van der Waals surface area contributed by atoms with Gasteiger partial charge in [0.25, 0.3) is 0 Å². The van der Waals surface area contributed by atoms with Crippen LogP contribution in [0.5, 0.6) is 0 Å². The summed E-state index contributed by atoms with van der Waals surface area (Å²) in [4.78, 5) is 6.68. The van der Waals surface area contributed by atoms with Crippen LogP contribution in [0.3, 0.4) is 0 Å². The maximum absolute atomic E-state index is 13.3. The van der Waals surface area contributed by atoms with E-state index < -0.39 is 0 Å². The fraction of sp³-hybridized carbons (Fsp3) is 0.304. The summed E-state index contributed by atoms with van der Waals surface area (Å²) in [5, 5.41) is 7.83. The van der Waals surface area contributed by atoms with Crippen molar-refractivity contribution in [3.8, 4) is 5.69 Å². The van der Waals surface area contributed by atoms with Crippen LogP contribution >= 0.6 is 0 Å². The number of nitrogens with zero attached hydrogens (tertiary/aromatic N) is 4. The van der Waals surface area contributed by atoms with Gasteiger partial charge in [-0.2, -0.15) is 5.10 Å². The molecule has 156 valence electrons. The number of aromatic nitrogens is 2. The highest BCUT2D eigenvalue weighted by Crippen LogP contribution is 2.25. The van der Waals surface area contributed by atoms with Crippen molar-refractivity contribution in [2.75, 3.05) is 20.1 Å². The summed E-state index contributed by atoms with van der Waals surface area (Å²) in [6.45, 7) is 4.05. The third-order valence-electron chi connectivity index (χ3n) is 5.19. The summed E-state index contributed by atoms with van der Waals surface area (Å²) in [7, 11) is 1.79. The summed E-state index contributed by atoms with van der Waals surface area (Å²) < 4.78 is 21.3. The number of rotatable bonds is 4. The fourth-order valence-electron chi connectivity index (χ4n) is 3.79. The Balaban J connectivity index is 1.47. The van der Waals surface area contributed by atoms with Crippen LogP contribution in [0.25, 0.3) is 5.69 Å². The van der Waals surface area contributed by atoms with Crippen molar-refractivity contribution in [3.05, 3.63) is 83.9 Å². The van der Waals surface area contributed by atoms with Crippen molar-refractivity contribution < 1.29 is 9.13 Å². The van der Waals surface area contributed by atoms with Crippen molar-refractivity contribution in [1.29, 1.82) is 0 Å². The van der Waals surface area contributed by atoms with E-state index in [4.69, 9.17) is 4.74 Å². The summed E-state index contributed by atoms with van der Waals surface area (Å²) in [6.07, 6.45) is 3.60. The Hall–Kier alpha value is -3.19. The minimum absolute atomic E-state index is 0.0312. The van der Waals surface area contributed by atoms with Crippen molar-refractivity contribution in [3.63, 3.8) is 0 Å². The summed E-state index contributed by atoms with van der Waals surface area (Å²) in [5.74, 6) is 0.570. The average Bonchev–Trinajstić information content (AvgIpc) is 3.29. The lowest BCUT2D eigenvalue weighted by Crippen LogP contribution is -2.50. The van der Waals surface area contributed by atoms with Crippen molar-refractivity contribution in [2.24, 2.45) is 4.99 Å². The van der Waals surface area contributed by atoms with E-state index in [1.54, 1.807) is 25.4 Å². The molecule has 1 aromatic heterocycles. The molecule has 2 heterocycles. The number of halogens is 1. The normalized spacial score (nSPS) is 19.7. The van der Waals surface area contributed by atoms with E-state index in [0.717, 1.165) is 29.3 Å². The monoisotopic (exact) mass is 407 g/mol. The molecule has 0 saturated carbocycles. The summed E-state index contributed by atoms with van der Waals surface area (Å²) >= 11 is 0. The first-order valence-electron chi connectivity index (χ1n) is 10.1. The van der Waals surface area contributed by atoms with Gasteiger partial charge in [0.15, 0.2) is 5.96 Å². The lowest BCUT2D eigenvalue weighted by atomic mass is 10.1. The standard InChI is InChI=1S/C23H26FN5O/c1-17-15-28(16-22(30-17)18-8-10-20(24)11-9-18)23(25-2)26-14-19-6-3-4-7-21(19)29-13-5-12-27-29/h3-13,17,22H,14-16H2,1-2H3,(H,25,26). The van der Waals surface area contributed by atoms with E-state index in [-0.39, 0.29) is 18.0 Å². The Morgan fingerprint density at radius 3 is 2.70 bits per heavy atom. The molecule has 0 radical (unpaired) electrons. The molecular weight excluding hydrogens is 381 g/mol. The first-order valence-corrected chi connectivity index (χ1v) is 10.1. The second-order valence-electron chi connectivity index (χ2n) is 7.37. The molecule has 3 aromatic rings. The third kappa shape index (κ3) is 4.52. The van der Waals surface area contributed by atoms with Gasteiger partial charge in [-0.25, -0.2) is 9.07 Å². The molecule has 4 rings (SSSR count). The first-order chi connectivity index (χ1) is 14.6. The minimum atomic E-state index is -0.243. The lowest BCUT2D eigenvalue weighted by Gasteiger charge is -2.38. The molecule has 1 N–H and O–H groups in total. The predicted molar refractivity (Wildman–Crippen MR) is 115 cm³/mol. The molecule has 2 aromatic carbocycles. The van der Waals surface area contributed by atoms with E-state index >= 15 is 0 Å². The molecule has 7 heteroatoms. The molecule has 0 amide bonds. The van der Waals surface area contributed by atoms with Crippen LogP contribution in [-0.2, 0) is 11.3 Å². The maximum atomic E-state index is 13.3. The van der Waals surface area contributed by atoms with E-state index in [1.807, 2.05) is 42.1 Å². The highest BCUT2D eigenvalue weighted by Gasteiger charge is 2.28. The van der Waals surface area contributed by atoms with Gasteiger partial charge in [-0.05, 0) is 42.3 Å². The number of hydrogen-bond acceptors (Lipinski definition) is 3. The van der Waals surface area contributed by atoms with Crippen LogP contribution in [0, 0.1) is 5.82 Å². The second kappa shape index (κ2) is 9.09. The van der Waals surface area contributed by atoms with Crippen LogP contribution in [0.15, 0.2) is 72.0 Å². The largest absolute Gasteiger partial charge is 0.367 e. The zero-order chi connectivity index (χ0) is 20.9. The van der Waals surface area contributed by atoms with Crippen molar-refractivity contribution in [1.82, 2.24) is 20.0 Å². The lowest BCUT2D eigenvalue weighted by molar-refractivity contribution is -0.0605. The Morgan fingerprint density at radius 1 is 1.17 bits per heavy atom. The van der Waals surface area contributed by atoms with Gasteiger partial charge in [0.05, 0.1) is 18.3 Å². The van der Waals surface area contributed by atoms with Gasteiger partial charge < -0.3 is 15.0 Å². The van der Waals surface area contributed by atoms with Crippen LogP contribution < -0.4 is 5.32 Å². The first kappa shape index (κ1) is 20.1. The Morgan fingerprint density at radius 2 is 1.97 bits per heavy atom. The Kier molecular flexibility index (Phi) is 6.09. The predicted octanol–water partition coefficient (Wildman–Crippen LogP) is 3.55. The average molecular weight is 407 g/mol. The molecule has 0 spiro atoms. The minimum Gasteiger partial charge on any atom is -0.367 e. The highest BCUT2D eigenvalue weighted by atomic mass is 19.1. The molecule has 1 aliphatic heterocycles. The zero-order valence-corrected chi connectivity index (χ0v) is 17.2. The van der Waals surface area contributed by atoms with Crippen molar-refractivity contribution >= 4 is 5.96 Å². The Labute approximate surface area is 176 Å². The maximum Gasteiger partial charge on any atom is 0.194 e. The molecule has 30 heavy (non-hydrogen) atoms. The van der Waals surface area contributed by atoms with Gasteiger partial charge in [-0.1, -0.05) is 30.3 Å². The Bertz CT molecular complexity index is 987. The van der Waals surface area contributed by atoms with Gasteiger partial charge in [-0.15, -0.1) is 0 Å². The summed E-state index contributed by atoms with van der Waals surface area (Å²) in [6, 6.07) is 16.6. The summed E-state index contributed by atoms with van der Waals surface area (Å²) in [5.41, 5.74) is 3.12. The number of morpholine rings is 1. The third-order valence-corrected chi connectivity index (χ3v) is 5.19. The number of guanidine groups is 1. The van der Waals surface area contributed by atoms with Crippen molar-refractivity contribution in [2.45, 2.75) is 25.7 Å². The van der Waals surface area contributed by atoms with Crippen LogP contribution in [0.2, 0.25) is 0 Å². The van der Waals surface area contributed by atoms with Crippen LogP contribution in [-0.4, -0.2) is 46.9 Å². The number of para-hydroxylation sites is 1. The number of nitrogens with one attached hydrogen (secondary N) is 1. The quantitative estimate of drug-likeness (QED) is 0.531. The second-order valence-corrected chi connectivity index (χ2v) is 7.37. The number of benzene rings is 2. The van der Waals surface area contributed by atoms with E-state index in [9.17, 15) is 4.39 Å². The van der Waals surface area contributed by atoms with Crippen LogP contribution in [0.4, 0.5) is 4.39 Å². The number of aliphatic imine (C=N–C) groups is 1. The van der Waals surface area contributed by atoms with E-state index in [0.29, 0.717) is 13.1 Å². The molecule has 1 aliphatic rings. The zero-order valence-electron chi connectivity index (χ0n) is 17.2. The number of ether oxygens (including phenoxy) is 1. The fourth-order valence-corrected chi connectivity index (χ4v) is 3.79. The molecule has 0 bridgehead atoms. The molecule has 1 fully saturated rings. The van der Waals surface area contributed by atoms with Gasteiger partial charge in [-0.3, -0.25) is 4.99 Å². The highest BCUT2D eigenvalue weighted by molar-refractivity contribution is 5.80. The number of hydrogen-bond donors (Lipinski definition) is 1. The van der Waals surface area contributed by atoms with Gasteiger partial charge in [0, 0.05) is 32.5 Å². The van der Waals surface area contributed by atoms with Crippen LogP contribution in [0.1, 0.15) is 24.2 Å². The molecular formula is C23H26FN5O. The smallest absolute Gasteiger partial charge is 0.194 e. The molecule has 0 aliphatic carbocycles. The van der Waals surface area contributed by atoms with Gasteiger partial charge in [0.2, 0.25) is 0 Å². The van der Waals surface area contributed by atoms with Gasteiger partial charge in [0.1, 0.15) is 11.9 Å². The van der Waals surface area contributed by atoms with E-state index in [1.165, 1.54) is 12.1 Å². The SMILES string of the molecule is CN=C(NCc1ccccc1-n1cccn1)N1CC(C)OC(c2ccc(F)cc2)C1. The molecule has 2 unspecified atom stereocenters. The molecule has 6 nitrogen and oxygen atoms in total. The molecule has 1 saturated heterocycles. The topological polar surface area (TPSA) is 54.7 Å².